The number of nitrogens with one attached hydrogen (secondary N) is 1. The summed E-state index contributed by atoms with van der Waals surface area (Å²) >= 11 is 0. The molecule has 1 aliphatic rings. The predicted molar refractivity (Wildman–Crippen MR) is 102 cm³/mol. The normalized spacial score (nSPS) is 14.7. The first-order valence-corrected chi connectivity index (χ1v) is 9.07. The molecular formula is C21H37NO. The third-order valence-corrected chi connectivity index (χ3v) is 3.94. The van der Waals surface area contributed by atoms with Crippen molar-refractivity contribution in [1.29, 1.82) is 0 Å². The minimum atomic E-state index is -0.198. The third-order valence-electron chi connectivity index (χ3n) is 3.94. The maximum Gasteiger partial charge on any atom is 0.251 e. The molecule has 0 heterocycles. The summed E-state index contributed by atoms with van der Waals surface area (Å²) in [5.74, 6) is 0.0409. The highest BCUT2D eigenvalue weighted by molar-refractivity contribution is 5.96. The topological polar surface area (TPSA) is 29.1 Å². The van der Waals surface area contributed by atoms with Gasteiger partial charge in [0.05, 0.1) is 0 Å². The number of hydrogen-bond donors (Lipinski definition) is 1. The van der Waals surface area contributed by atoms with Crippen LogP contribution in [0.5, 0.6) is 0 Å². The number of hydrogen-bond acceptors (Lipinski definition) is 1. The highest BCUT2D eigenvalue weighted by atomic mass is 16.1. The molecule has 0 radical (unpaired) electrons. The van der Waals surface area contributed by atoms with E-state index in [0.29, 0.717) is 5.41 Å². The minimum Gasteiger partial charge on any atom is -0.347 e. The fraction of sp³-hybridized carbons (Fsp3) is 0.667. The molecule has 0 spiro atoms. The number of benzene rings is 1. The van der Waals surface area contributed by atoms with Crippen molar-refractivity contribution in [3.05, 3.63) is 34.4 Å². The van der Waals surface area contributed by atoms with Crippen molar-refractivity contribution >= 4 is 5.91 Å². The summed E-state index contributed by atoms with van der Waals surface area (Å²) in [5, 5.41) is 3.06. The third kappa shape index (κ3) is 6.01. The second-order valence-corrected chi connectivity index (χ2v) is 7.25. The van der Waals surface area contributed by atoms with Crippen molar-refractivity contribution in [2.24, 2.45) is 0 Å². The van der Waals surface area contributed by atoms with E-state index in [0.717, 1.165) is 11.1 Å². The lowest BCUT2D eigenvalue weighted by Gasteiger charge is -2.23. The van der Waals surface area contributed by atoms with E-state index in [-0.39, 0.29) is 11.4 Å². The van der Waals surface area contributed by atoms with E-state index >= 15 is 0 Å². The predicted octanol–water partition coefficient (Wildman–Crippen LogP) is 5.94. The fourth-order valence-electron chi connectivity index (χ4n) is 2.59. The molecule has 0 bridgehead atoms. The molecule has 0 aromatic heterocycles. The molecule has 1 aliphatic carbocycles. The Bertz CT molecular complexity index is 519. The van der Waals surface area contributed by atoms with E-state index in [4.69, 9.17) is 0 Å². The number of carbonyl (C=O) groups is 1. The van der Waals surface area contributed by atoms with Crippen LogP contribution in [0, 0.1) is 13.8 Å². The number of amides is 1. The molecule has 0 saturated heterocycles. The molecule has 0 atom stereocenters. The fourth-order valence-corrected chi connectivity index (χ4v) is 2.59. The first-order valence-electron chi connectivity index (χ1n) is 9.07. The largest absolute Gasteiger partial charge is 0.347 e. The van der Waals surface area contributed by atoms with E-state index < -0.39 is 0 Å². The molecule has 1 aromatic rings. The van der Waals surface area contributed by atoms with Crippen LogP contribution in [-0.4, -0.2) is 11.4 Å². The highest BCUT2D eigenvalue weighted by Crippen LogP contribution is 2.49. The maximum absolute atomic E-state index is 12.4. The van der Waals surface area contributed by atoms with Crippen molar-refractivity contribution in [3.8, 4) is 0 Å². The Morgan fingerprint density at radius 3 is 1.91 bits per heavy atom. The first-order chi connectivity index (χ1) is 10.6. The summed E-state index contributed by atoms with van der Waals surface area (Å²) in [4.78, 5) is 12.4. The molecule has 0 unspecified atom stereocenters. The van der Waals surface area contributed by atoms with Crippen LogP contribution in [0.15, 0.2) is 12.1 Å². The van der Waals surface area contributed by atoms with Crippen LogP contribution < -0.4 is 5.32 Å². The Hall–Kier alpha value is -1.31. The maximum atomic E-state index is 12.4. The average molecular weight is 320 g/mol. The van der Waals surface area contributed by atoms with Gasteiger partial charge in [-0.1, -0.05) is 46.2 Å². The molecular weight excluding hydrogens is 282 g/mol. The number of aryl methyl sites for hydroxylation is 1. The smallest absolute Gasteiger partial charge is 0.251 e. The minimum absolute atomic E-state index is 0.0409. The van der Waals surface area contributed by atoms with Crippen LogP contribution in [0.4, 0.5) is 0 Å². The van der Waals surface area contributed by atoms with Gasteiger partial charge in [0.1, 0.15) is 0 Å². The van der Waals surface area contributed by atoms with E-state index in [1.807, 2.05) is 54.5 Å². The molecule has 2 heteroatoms. The molecule has 1 saturated carbocycles. The quantitative estimate of drug-likeness (QED) is 0.718. The Balaban J connectivity index is 0.00000112. The van der Waals surface area contributed by atoms with Crippen molar-refractivity contribution in [3.63, 3.8) is 0 Å². The van der Waals surface area contributed by atoms with Gasteiger partial charge in [-0.3, -0.25) is 4.79 Å². The molecule has 132 valence electrons. The van der Waals surface area contributed by atoms with Crippen molar-refractivity contribution in [1.82, 2.24) is 5.32 Å². The Labute approximate surface area is 144 Å². The molecule has 1 aromatic carbocycles. The number of rotatable bonds is 2. The Morgan fingerprint density at radius 2 is 1.52 bits per heavy atom. The average Bonchev–Trinajstić information content (AvgIpc) is 3.22. The van der Waals surface area contributed by atoms with Crippen molar-refractivity contribution in [2.75, 3.05) is 0 Å². The monoisotopic (exact) mass is 319 g/mol. The van der Waals surface area contributed by atoms with Crippen LogP contribution >= 0.6 is 0 Å². The molecule has 23 heavy (non-hydrogen) atoms. The summed E-state index contributed by atoms with van der Waals surface area (Å²) in [6.45, 7) is 20.5. The summed E-state index contributed by atoms with van der Waals surface area (Å²) in [6.07, 6.45) is 2.47. The summed E-state index contributed by atoms with van der Waals surface area (Å²) in [6, 6.07) is 4.25. The Morgan fingerprint density at radius 1 is 1.04 bits per heavy atom. The summed E-state index contributed by atoms with van der Waals surface area (Å²) in [7, 11) is 0. The lowest BCUT2D eigenvalue weighted by Crippen LogP contribution is -2.41. The van der Waals surface area contributed by atoms with E-state index in [1.54, 1.807) is 0 Å². The molecule has 1 fully saturated rings. The van der Waals surface area contributed by atoms with Crippen LogP contribution in [0.2, 0.25) is 0 Å². The lowest BCUT2D eigenvalue weighted by molar-refractivity contribution is 0.0918. The van der Waals surface area contributed by atoms with Gasteiger partial charge in [-0.25, -0.2) is 0 Å². The van der Waals surface area contributed by atoms with Gasteiger partial charge in [-0.2, -0.15) is 0 Å². The van der Waals surface area contributed by atoms with Gasteiger partial charge in [0.15, 0.2) is 0 Å². The van der Waals surface area contributed by atoms with Crippen molar-refractivity contribution in [2.45, 2.75) is 93.0 Å². The van der Waals surface area contributed by atoms with Gasteiger partial charge < -0.3 is 5.32 Å². The van der Waals surface area contributed by atoms with Gasteiger partial charge >= 0.3 is 0 Å². The van der Waals surface area contributed by atoms with Crippen LogP contribution in [0.25, 0.3) is 0 Å². The SMILES string of the molecule is CC.CC.Cc1cc(C(=O)NC(C)(C)C)c(C)c(C2(C)CC2)c1. The second kappa shape index (κ2) is 8.52. The zero-order valence-electron chi connectivity index (χ0n) is 17.0. The summed E-state index contributed by atoms with van der Waals surface area (Å²) < 4.78 is 0. The van der Waals surface area contributed by atoms with Gasteiger partial charge in [0, 0.05) is 11.1 Å². The standard InChI is InChI=1S/C17H25NO.2C2H6/c1-11-9-13(15(19)18-16(3,4)5)12(2)14(10-11)17(6)7-8-17;2*1-2/h9-10H,7-8H2,1-6H3,(H,18,19);2*1-2H3. The van der Waals surface area contributed by atoms with E-state index in [1.165, 1.54) is 24.0 Å². The number of carbonyl (C=O) groups excluding carboxylic acids is 1. The van der Waals surface area contributed by atoms with Gasteiger partial charge in [0.2, 0.25) is 0 Å². The van der Waals surface area contributed by atoms with Gasteiger partial charge in [-0.15, -0.1) is 0 Å². The molecule has 2 rings (SSSR count). The van der Waals surface area contributed by atoms with Gasteiger partial charge in [-0.05, 0) is 70.1 Å². The van der Waals surface area contributed by atoms with E-state index in [2.05, 4.69) is 32.2 Å². The van der Waals surface area contributed by atoms with Crippen LogP contribution in [0.3, 0.4) is 0 Å². The summed E-state index contributed by atoms with van der Waals surface area (Å²) in [5.41, 5.74) is 4.61. The molecule has 1 N–H and O–H groups in total. The van der Waals surface area contributed by atoms with Crippen molar-refractivity contribution < 1.29 is 4.79 Å². The molecule has 2 nitrogen and oxygen atoms in total. The molecule has 0 aliphatic heterocycles. The zero-order chi connectivity index (χ0) is 18.4. The second-order valence-electron chi connectivity index (χ2n) is 7.25. The van der Waals surface area contributed by atoms with Gasteiger partial charge in [0.25, 0.3) is 5.91 Å². The lowest BCUT2D eigenvalue weighted by atomic mass is 9.88. The molecule has 1 amide bonds. The first kappa shape index (κ1) is 21.7. The van der Waals surface area contributed by atoms with Crippen LogP contribution in [-0.2, 0) is 5.41 Å². The zero-order valence-corrected chi connectivity index (χ0v) is 17.0. The highest BCUT2D eigenvalue weighted by Gasteiger charge is 2.40. The van der Waals surface area contributed by atoms with E-state index in [9.17, 15) is 4.79 Å². The Kier molecular flexibility index (Phi) is 8.03. The van der Waals surface area contributed by atoms with Crippen LogP contribution in [0.1, 0.15) is 95.3 Å².